The lowest BCUT2D eigenvalue weighted by molar-refractivity contribution is 0.0938. The average Bonchev–Trinajstić information content (AvgIpc) is 2.85. The number of para-hydroxylation sites is 1. The number of carbonyl (C=O) groups is 1. The first kappa shape index (κ1) is 20.6. The molecule has 2 aromatic carbocycles. The van der Waals surface area contributed by atoms with Crippen LogP contribution in [0.2, 0.25) is 5.02 Å². The second-order valence-electron chi connectivity index (χ2n) is 7.08. The summed E-state index contributed by atoms with van der Waals surface area (Å²) < 4.78 is 20.1. The molecule has 0 radical (unpaired) electrons. The van der Waals surface area contributed by atoms with Crippen LogP contribution in [0, 0.1) is 5.82 Å². The Labute approximate surface area is 170 Å². The zero-order chi connectivity index (χ0) is 19.9. The van der Waals surface area contributed by atoms with Crippen molar-refractivity contribution in [2.45, 2.75) is 38.8 Å². The maximum absolute atomic E-state index is 13.9. The van der Waals surface area contributed by atoms with Crippen molar-refractivity contribution in [2.75, 3.05) is 19.6 Å². The maximum atomic E-state index is 13.9. The fraction of sp³-hybridized carbons (Fsp3) is 0.409. The Morgan fingerprint density at radius 2 is 2.11 bits per heavy atom. The predicted molar refractivity (Wildman–Crippen MR) is 109 cm³/mol. The Morgan fingerprint density at radius 3 is 2.89 bits per heavy atom. The number of benzene rings is 2. The Morgan fingerprint density at radius 1 is 1.29 bits per heavy atom. The first-order valence-corrected chi connectivity index (χ1v) is 10.2. The van der Waals surface area contributed by atoms with Gasteiger partial charge in [0.2, 0.25) is 0 Å². The van der Waals surface area contributed by atoms with Crippen LogP contribution in [0.3, 0.4) is 0 Å². The lowest BCUT2D eigenvalue weighted by Gasteiger charge is -2.24. The van der Waals surface area contributed by atoms with E-state index in [1.54, 1.807) is 0 Å². The molecule has 3 rings (SSSR count). The van der Waals surface area contributed by atoms with E-state index in [4.69, 9.17) is 16.3 Å². The highest BCUT2D eigenvalue weighted by Crippen LogP contribution is 2.26. The molecule has 0 saturated heterocycles. The van der Waals surface area contributed by atoms with Crippen molar-refractivity contribution in [3.05, 3.63) is 64.4 Å². The third kappa shape index (κ3) is 5.24. The van der Waals surface area contributed by atoms with Crippen molar-refractivity contribution in [3.8, 4) is 5.75 Å². The fourth-order valence-corrected chi connectivity index (χ4v) is 3.69. The Bertz CT molecular complexity index is 795. The van der Waals surface area contributed by atoms with Crippen LogP contribution in [0.5, 0.6) is 5.75 Å². The number of amides is 1. The molecule has 1 N–H and O–H groups in total. The number of rotatable bonds is 7. The molecule has 1 aliphatic heterocycles. The number of fused-ring (bicyclic) bond motifs is 1. The van der Waals surface area contributed by atoms with Gasteiger partial charge in [0.15, 0.2) is 0 Å². The molecule has 1 atom stereocenters. The molecule has 0 fully saturated rings. The molecule has 0 aliphatic carbocycles. The van der Waals surface area contributed by atoms with Gasteiger partial charge in [-0.1, -0.05) is 49.2 Å². The van der Waals surface area contributed by atoms with Gasteiger partial charge in [-0.15, -0.1) is 0 Å². The largest absolute Gasteiger partial charge is 0.489 e. The molecule has 0 aromatic heterocycles. The summed E-state index contributed by atoms with van der Waals surface area (Å²) in [5.74, 6) is -0.160. The van der Waals surface area contributed by atoms with Gasteiger partial charge >= 0.3 is 0 Å². The van der Waals surface area contributed by atoms with Gasteiger partial charge in [0.05, 0.1) is 10.6 Å². The van der Waals surface area contributed by atoms with Crippen LogP contribution in [-0.4, -0.2) is 36.5 Å². The van der Waals surface area contributed by atoms with E-state index >= 15 is 0 Å². The molecule has 150 valence electrons. The van der Waals surface area contributed by atoms with Crippen molar-refractivity contribution >= 4 is 17.5 Å². The van der Waals surface area contributed by atoms with Gasteiger partial charge in [-0.05, 0) is 31.0 Å². The Hall–Kier alpha value is -2.11. The molecule has 28 heavy (non-hydrogen) atoms. The molecule has 6 heteroatoms. The molecule has 0 spiro atoms. The smallest absolute Gasteiger partial charge is 0.255 e. The summed E-state index contributed by atoms with van der Waals surface area (Å²) in [5.41, 5.74) is 1.04. The minimum Gasteiger partial charge on any atom is -0.489 e. The molecule has 1 heterocycles. The summed E-state index contributed by atoms with van der Waals surface area (Å²) >= 11 is 5.97. The van der Waals surface area contributed by atoms with E-state index in [9.17, 15) is 9.18 Å². The van der Waals surface area contributed by atoms with Crippen molar-refractivity contribution < 1.29 is 13.9 Å². The van der Waals surface area contributed by atoms with Gasteiger partial charge in [0.1, 0.15) is 17.7 Å². The van der Waals surface area contributed by atoms with Gasteiger partial charge < -0.3 is 10.1 Å². The topological polar surface area (TPSA) is 41.6 Å². The number of carbonyl (C=O) groups excluding carboxylic acids is 1. The molecule has 1 aliphatic rings. The molecule has 1 amide bonds. The highest BCUT2D eigenvalue weighted by molar-refractivity contribution is 6.33. The van der Waals surface area contributed by atoms with E-state index in [0.29, 0.717) is 13.1 Å². The minimum atomic E-state index is -0.610. The number of hydrogen-bond acceptors (Lipinski definition) is 3. The normalized spacial score (nSPS) is 16.8. The summed E-state index contributed by atoms with van der Waals surface area (Å²) in [4.78, 5) is 14.6. The summed E-state index contributed by atoms with van der Waals surface area (Å²) in [6, 6.07) is 12.3. The van der Waals surface area contributed by atoms with E-state index in [0.717, 1.165) is 43.7 Å². The van der Waals surface area contributed by atoms with Gasteiger partial charge in [-0.3, -0.25) is 9.69 Å². The Balaban J connectivity index is 1.62. The van der Waals surface area contributed by atoms with Crippen LogP contribution in [0.4, 0.5) is 4.39 Å². The number of ether oxygens (including phenoxy) is 1. The summed E-state index contributed by atoms with van der Waals surface area (Å²) in [6.07, 6.45) is 3.36. The number of unbranched alkanes of at least 4 members (excludes halogenated alkanes) is 1. The standard InChI is InChI=1S/C22H26ClFN2O2/c1-2-3-8-17-15-26(14-16-7-4-5-11-20(16)28-17)13-12-25-22(27)21-18(23)9-6-10-19(21)24/h4-7,9-11,17H,2-3,8,12-15H2,1H3,(H,25,27). The second kappa shape index (κ2) is 9.89. The lowest BCUT2D eigenvalue weighted by atomic mass is 10.1. The minimum absolute atomic E-state index is 0.102. The van der Waals surface area contributed by atoms with Crippen molar-refractivity contribution in [2.24, 2.45) is 0 Å². The number of nitrogens with one attached hydrogen (secondary N) is 1. The molecule has 0 bridgehead atoms. The van der Waals surface area contributed by atoms with E-state index in [1.165, 1.54) is 18.2 Å². The number of halogens is 2. The third-order valence-electron chi connectivity index (χ3n) is 4.91. The van der Waals surface area contributed by atoms with Crippen LogP contribution in [0.1, 0.15) is 42.1 Å². The maximum Gasteiger partial charge on any atom is 0.255 e. The summed E-state index contributed by atoms with van der Waals surface area (Å²) in [7, 11) is 0. The molecule has 4 nitrogen and oxygen atoms in total. The monoisotopic (exact) mass is 404 g/mol. The Kier molecular flexibility index (Phi) is 7.29. The predicted octanol–water partition coefficient (Wildman–Crippen LogP) is 4.66. The fourth-order valence-electron chi connectivity index (χ4n) is 3.44. The van der Waals surface area contributed by atoms with E-state index < -0.39 is 11.7 Å². The van der Waals surface area contributed by atoms with E-state index in [2.05, 4.69) is 23.2 Å². The van der Waals surface area contributed by atoms with Gasteiger partial charge in [0.25, 0.3) is 5.91 Å². The van der Waals surface area contributed by atoms with Crippen LogP contribution < -0.4 is 10.1 Å². The van der Waals surface area contributed by atoms with Crippen LogP contribution >= 0.6 is 11.6 Å². The average molecular weight is 405 g/mol. The quantitative estimate of drug-likeness (QED) is 0.729. The van der Waals surface area contributed by atoms with Gasteiger partial charge in [-0.25, -0.2) is 4.39 Å². The molecular weight excluding hydrogens is 379 g/mol. The molecule has 0 saturated carbocycles. The first-order chi connectivity index (χ1) is 13.6. The van der Waals surface area contributed by atoms with E-state index in [1.807, 2.05) is 18.2 Å². The van der Waals surface area contributed by atoms with Crippen LogP contribution in [0.15, 0.2) is 42.5 Å². The van der Waals surface area contributed by atoms with Crippen molar-refractivity contribution in [3.63, 3.8) is 0 Å². The van der Waals surface area contributed by atoms with Gasteiger partial charge in [-0.2, -0.15) is 0 Å². The van der Waals surface area contributed by atoms with Crippen LogP contribution in [-0.2, 0) is 6.54 Å². The highest BCUT2D eigenvalue weighted by Gasteiger charge is 2.23. The molecular formula is C22H26ClFN2O2. The van der Waals surface area contributed by atoms with E-state index in [-0.39, 0.29) is 16.7 Å². The summed E-state index contributed by atoms with van der Waals surface area (Å²) in [5, 5.41) is 2.90. The highest BCUT2D eigenvalue weighted by atomic mass is 35.5. The molecule has 2 aromatic rings. The number of hydrogen-bond donors (Lipinski definition) is 1. The zero-order valence-electron chi connectivity index (χ0n) is 16.1. The van der Waals surface area contributed by atoms with Gasteiger partial charge in [0, 0.05) is 31.7 Å². The third-order valence-corrected chi connectivity index (χ3v) is 5.22. The summed E-state index contributed by atoms with van der Waals surface area (Å²) in [6.45, 7) is 4.79. The molecule has 1 unspecified atom stereocenters. The second-order valence-corrected chi connectivity index (χ2v) is 7.48. The van der Waals surface area contributed by atoms with Crippen LogP contribution in [0.25, 0.3) is 0 Å². The first-order valence-electron chi connectivity index (χ1n) is 9.77. The van der Waals surface area contributed by atoms with Crippen molar-refractivity contribution in [1.29, 1.82) is 0 Å². The SMILES string of the molecule is CCCCC1CN(CCNC(=O)c2c(F)cccc2Cl)Cc2ccccc2O1. The number of nitrogens with zero attached hydrogens (tertiary/aromatic N) is 1. The zero-order valence-corrected chi connectivity index (χ0v) is 16.8. The lowest BCUT2D eigenvalue weighted by Crippen LogP contribution is -2.38. The van der Waals surface area contributed by atoms with Crippen molar-refractivity contribution in [1.82, 2.24) is 10.2 Å².